The number of hydrogen-bond donors (Lipinski definition) is 1. The van der Waals surface area contributed by atoms with Gasteiger partial charge in [-0.1, -0.05) is 13.3 Å². The van der Waals surface area contributed by atoms with Crippen molar-refractivity contribution in [3.63, 3.8) is 0 Å². The molecule has 4 heterocycles. The molecule has 4 bridgehead atoms. The van der Waals surface area contributed by atoms with E-state index in [2.05, 4.69) is 28.9 Å². The van der Waals surface area contributed by atoms with Crippen LogP contribution in [0.15, 0.2) is 18.2 Å². The number of piperidine rings is 2. The Bertz CT molecular complexity index is 1020. The lowest BCUT2D eigenvalue weighted by Crippen LogP contribution is -2.70. The number of methoxy groups -OCH3 is 2. The molecule has 4 unspecified atom stereocenters. The van der Waals surface area contributed by atoms with E-state index in [0.717, 1.165) is 48.2 Å². The fourth-order valence-electron chi connectivity index (χ4n) is 6.60. The molecule has 2 aromatic rings. The Kier molecular flexibility index (Phi) is 4.15. The van der Waals surface area contributed by atoms with Crippen LogP contribution in [0.5, 0.6) is 5.75 Å². The maximum atomic E-state index is 13.5. The highest BCUT2D eigenvalue weighted by Gasteiger charge is 2.65. The fourth-order valence-corrected chi connectivity index (χ4v) is 6.60. The van der Waals surface area contributed by atoms with Gasteiger partial charge in [-0.05, 0) is 54.9 Å². The van der Waals surface area contributed by atoms with Crippen molar-refractivity contribution in [3.8, 4) is 11.8 Å². The highest BCUT2D eigenvalue weighted by Crippen LogP contribution is 2.57. The molecule has 1 aliphatic carbocycles. The molecule has 1 aromatic heterocycles. The molecule has 2 saturated heterocycles. The summed E-state index contributed by atoms with van der Waals surface area (Å²) in [6.07, 6.45) is 3.49. The van der Waals surface area contributed by atoms with Crippen molar-refractivity contribution >= 4 is 16.9 Å². The van der Waals surface area contributed by atoms with Gasteiger partial charge < -0.3 is 14.5 Å². The largest absolute Gasteiger partial charge is 0.497 e. The zero-order chi connectivity index (χ0) is 20.3. The molecule has 6 atom stereocenters. The SMILES string of the molecule is CC[C@H]1CC2C[C@@]3(C(=O)OC)c4[nH]c5ccc(OC)cc5c4CCN(C2C#N)C13. The third-order valence-electron chi connectivity index (χ3n) is 7.69. The van der Waals surface area contributed by atoms with E-state index < -0.39 is 5.41 Å². The molecule has 6 nitrogen and oxygen atoms in total. The Balaban J connectivity index is 1.80. The van der Waals surface area contributed by atoms with Crippen molar-refractivity contribution < 1.29 is 14.3 Å². The molecule has 29 heavy (non-hydrogen) atoms. The lowest BCUT2D eigenvalue weighted by atomic mass is 9.54. The number of rotatable bonds is 3. The van der Waals surface area contributed by atoms with Crippen LogP contribution in [0.25, 0.3) is 10.9 Å². The first kappa shape index (κ1) is 18.5. The van der Waals surface area contributed by atoms with Crippen LogP contribution >= 0.6 is 0 Å². The molecule has 4 aliphatic rings. The molecule has 6 heteroatoms. The maximum Gasteiger partial charge on any atom is 0.319 e. The molecule has 3 fully saturated rings. The smallest absolute Gasteiger partial charge is 0.319 e. The lowest BCUT2D eigenvalue weighted by molar-refractivity contribution is -0.165. The highest BCUT2D eigenvalue weighted by atomic mass is 16.5. The van der Waals surface area contributed by atoms with Crippen molar-refractivity contribution in [2.24, 2.45) is 11.8 Å². The number of benzene rings is 1. The molecular formula is C23H27N3O3. The minimum atomic E-state index is -0.746. The highest BCUT2D eigenvalue weighted by molar-refractivity contribution is 5.92. The van der Waals surface area contributed by atoms with Crippen LogP contribution in [0.1, 0.15) is 37.4 Å². The summed E-state index contributed by atoms with van der Waals surface area (Å²) in [5.74, 6) is 1.20. The minimum Gasteiger partial charge on any atom is -0.497 e. The first-order valence-electron chi connectivity index (χ1n) is 10.5. The van der Waals surface area contributed by atoms with Crippen LogP contribution in [0.3, 0.4) is 0 Å². The number of ether oxygens (including phenoxy) is 2. The van der Waals surface area contributed by atoms with Gasteiger partial charge in [0.2, 0.25) is 0 Å². The number of aromatic amines is 1. The van der Waals surface area contributed by atoms with Gasteiger partial charge in [-0.15, -0.1) is 0 Å². The van der Waals surface area contributed by atoms with Crippen LogP contribution in [-0.2, 0) is 21.4 Å². The van der Waals surface area contributed by atoms with Crippen LogP contribution in [-0.4, -0.2) is 48.7 Å². The summed E-state index contributed by atoms with van der Waals surface area (Å²) in [6.45, 7) is 2.98. The van der Waals surface area contributed by atoms with E-state index >= 15 is 0 Å². The van der Waals surface area contributed by atoms with Gasteiger partial charge >= 0.3 is 5.97 Å². The van der Waals surface area contributed by atoms with Gasteiger partial charge in [0.05, 0.1) is 20.3 Å². The maximum absolute atomic E-state index is 13.5. The Morgan fingerprint density at radius 2 is 2.24 bits per heavy atom. The monoisotopic (exact) mass is 393 g/mol. The van der Waals surface area contributed by atoms with Crippen LogP contribution in [0.2, 0.25) is 0 Å². The second-order valence-electron chi connectivity index (χ2n) is 8.73. The normalized spacial score (nSPS) is 34.9. The summed E-state index contributed by atoms with van der Waals surface area (Å²) < 4.78 is 10.9. The van der Waals surface area contributed by atoms with E-state index in [-0.39, 0.29) is 24.0 Å². The van der Waals surface area contributed by atoms with Gasteiger partial charge in [0.1, 0.15) is 17.2 Å². The standard InChI is InChI=1S/C23H27N3O3/c1-4-13-9-14-11-23(22(27)29-3)20-16(7-8-26(21(13)23)19(14)12-24)17-10-15(28-2)5-6-18(17)25-20/h5-6,10,13-14,19,21,25H,4,7-9,11H2,1-3H3/t13-,14?,19?,21?,23+/m0/s1. The molecule has 1 aromatic carbocycles. The Morgan fingerprint density at radius 1 is 1.41 bits per heavy atom. The van der Waals surface area contributed by atoms with Crippen LogP contribution < -0.4 is 4.74 Å². The number of fused-ring (bicyclic) bond motifs is 4. The zero-order valence-electron chi connectivity index (χ0n) is 17.2. The summed E-state index contributed by atoms with van der Waals surface area (Å²) >= 11 is 0. The Hall–Kier alpha value is -2.52. The zero-order valence-corrected chi connectivity index (χ0v) is 17.2. The van der Waals surface area contributed by atoms with E-state index in [1.54, 1.807) is 7.11 Å². The number of aromatic nitrogens is 1. The third-order valence-corrected chi connectivity index (χ3v) is 7.69. The summed E-state index contributed by atoms with van der Waals surface area (Å²) in [6, 6.07) is 8.46. The first-order chi connectivity index (χ1) is 14.1. The average Bonchev–Trinajstić information content (AvgIpc) is 3.08. The molecule has 0 radical (unpaired) electrons. The Labute approximate surface area is 170 Å². The summed E-state index contributed by atoms with van der Waals surface area (Å²) in [5, 5.41) is 11.0. The molecule has 0 spiro atoms. The van der Waals surface area contributed by atoms with Gasteiger partial charge in [0.15, 0.2) is 0 Å². The van der Waals surface area contributed by atoms with E-state index in [1.807, 2.05) is 12.1 Å². The van der Waals surface area contributed by atoms with Crippen LogP contribution in [0.4, 0.5) is 0 Å². The molecule has 0 amide bonds. The van der Waals surface area contributed by atoms with Crippen molar-refractivity contribution in [3.05, 3.63) is 29.5 Å². The van der Waals surface area contributed by atoms with Gasteiger partial charge in [-0.2, -0.15) is 5.26 Å². The Morgan fingerprint density at radius 3 is 2.93 bits per heavy atom. The summed E-state index contributed by atoms with van der Waals surface area (Å²) in [7, 11) is 3.16. The van der Waals surface area contributed by atoms with E-state index in [9.17, 15) is 10.1 Å². The number of nitrogens with zero attached hydrogens (tertiary/aromatic N) is 2. The quantitative estimate of drug-likeness (QED) is 0.811. The molecule has 3 aliphatic heterocycles. The van der Waals surface area contributed by atoms with E-state index in [4.69, 9.17) is 9.47 Å². The molecule has 152 valence electrons. The minimum absolute atomic E-state index is 0.00851. The van der Waals surface area contributed by atoms with E-state index in [1.165, 1.54) is 12.7 Å². The second-order valence-corrected chi connectivity index (χ2v) is 8.73. The van der Waals surface area contributed by atoms with Crippen molar-refractivity contribution in [2.45, 2.75) is 50.1 Å². The van der Waals surface area contributed by atoms with Gasteiger partial charge in [0, 0.05) is 29.2 Å². The average molecular weight is 393 g/mol. The van der Waals surface area contributed by atoms with Crippen molar-refractivity contribution in [2.75, 3.05) is 20.8 Å². The predicted octanol–water partition coefficient (Wildman–Crippen LogP) is 3.16. The molecule has 1 N–H and O–H groups in total. The number of carbonyl (C=O) groups is 1. The summed E-state index contributed by atoms with van der Waals surface area (Å²) in [4.78, 5) is 19.4. The lowest BCUT2D eigenvalue weighted by Gasteiger charge is -2.59. The molecule has 1 saturated carbocycles. The predicted molar refractivity (Wildman–Crippen MR) is 109 cm³/mol. The van der Waals surface area contributed by atoms with Crippen molar-refractivity contribution in [1.82, 2.24) is 9.88 Å². The number of nitriles is 1. The second kappa shape index (κ2) is 6.50. The number of esters is 1. The summed E-state index contributed by atoms with van der Waals surface area (Å²) in [5.41, 5.74) is 2.45. The molecule has 6 rings (SSSR count). The van der Waals surface area contributed by atoms with Gasteiger partial charge in [0.25, 0.3) is 0 Å². The topological polar surface area (TPSA) is 78.4 Å². The number of H-pyrrole nitrogens is 1. The third kappa shape index (κ3) is 2.28. The van der Waals surface area contributed by atoms with Gasteiger partial charge in [-0.3, -0.25) is 9.69 Å². The first-order valence-corrected chi connectivity index (χ1v) is 10.5. The number of carbonyl (C=O) groups excluding carboxylic acids is 1. The van der Waals surface area contributed by atoms with E-state index in [0.29, 0.717) is 12.3 Å². The number of nitrogens with one attached hydrogen (secondary N) is 1. The van der Waals surface area contributed by atoms with Crippen LogP contribution in [0, 0.1) is 23.2 Å². The van der Waals surface area contributed by atoms with Crippen molar-refractivity contribution in [1.29, 1.82) is 5.26 Å². The number of hydrogen-bond acceptors (Lipinski definition) is 5. The van der Waals surface area contributed by atoms with Gasteiger partial charge in [-0.25, -0.2) is 0 Å². The fraction of sp³-hybridized carbons (Fsp3) is 0.565. The molecular weight excluding hydrogens is 366 g/mol.